The molecule has 0 unspecified atom stereocenters. The molecule has 0 aliphatic heterocycles. The molecule has 0 amide bonds. The van der Waals surface area contributed by atoms with Crippen molar-refractivity contribution >= 4 is 28.3 Å². The molecule has 0 aliphatic carbocycles. The average molecular weight is 378 g/mol. The van der Waals surface area contributed by atoms with Crippen LogP contribution >= 0.6 is 11.8 Å². The highest BCUT2D eigenvalue weighted by Crippen LogP contribution is 2.30. The van der Waals surface area contributed by atoms with Gasteiger partial charge in [0.25, 0.3) is 5.56 Å². The van der Waals surface area contributed by atoms with Crippen LogP contribution in [0.15, 0.2) is 50.1 Å². The molecule has 0 N–H and O–H groups in total. The highest BCUT2D eigenvalue weighted by Gasteiger charge is 2.20. The molecule has 0 saturated carbocycles. The summed E-state index contributed by atoms with van der Waals surface area (Å²) in [6, 6.07) is 11.7. The van der Waals surface area contributed by atoms with E-state index in [4.69, 9.17) is 0 Å². The summed E-state index contributed by atoms with van der Waals surface area (Å²) in [5.74, 6) is 0. The lowest BCUT2D eigenvalue weighted by molar-refractivity contribution is 0.630. The summed E-state index contributed by atoms with van der Waals surface area (Å²) in [4.78, 5) is 24.6. The van der Waals surface area contributed by atoms with E-state index in [-0.39, 0.29) is 10.6 Å². The molecule has 4 rings (SSSR count). The van der Waals surface area contributed by atoms with Gasteiger partial charge in [-0.2, -0.15) is 5.26 Å². The quantitative estimate of drug-likeness (QED) is 0.492. The number of rotatable bonds is 2. The molecular weight excluding hydrogens is 364 g/mol. The van der Waals surface area contributed by atoms with Gasteiger partial charge in [0.05, 0.1) is 5.52 Å². The second kappa shape index (κ2) is 6.10. The van der Waals surface area contributed by atoms with Crippen molar-refractivity contribution in [1.82, 2.24) is 23.7 Å². The van der Waals surface area contributed by atoms with Crippen LogP contribution in [0.2, 0.25) is 0 Å². The van der Waals surface area contributed by atoms with Gasteiger partial charge in [-0.05, 0) is 36.4 Å². The Bertz CT molecular complexity index is 1390. The Morgan fingerprint density at radius 3 is 2.59 bits per heavy atom. The second-order valence-electron chi connectivity index (χ2n) is 6.12. The number of fused-ring (bicyclic) bond motifs is 3. The number of benzene rings is 1. The number of aromatic nitrogens is 5. The molecule has 0 bridgehead atoms. The molecule has 0 aliphatic rings. The molecule has 0 atom stereocenters. The third-order valence-corrected chi connectivity index (χ3v) is 5.60. The molecule has 0 radical (unpaired) electrons. The topological polar surface area (TPSA) is 98.0 Å². The number of pyridine rings is 1. The lowest BCUT2D eigenvalue weighted by atomic mass is 10.1. The van der Waals surface area contributed by atoms with E-state index in [1.54, 1.807) is 0 Å². The van der Waals surface area contributed by atoms with Gasteiger partial charge in [-0.1, -0.05) is 18.2 Å². The fourth-order valence-electron chi connectivity index (χ4n) is 3.07. The van der Waals surface area contributed by atoms with Crippen LogP contribution in [-0.2, 0) is 14.1 Å². The van der Waals surface area contributed by atoms with E-state index in [2.05, 4.69) is 10.2 Å². The number of hydrogen-bond acceptors (Lipinski definition) is 6. The predicted octanol–water partition coefficient (Wildman–Crippen LogP) is 1.61. The van der Waals surface area contributed by atoms with Gasteiger partial charge in [0.15, 0.2) is 5.65 Å². The monoisotopic (exact) mass is 378 g/mol. The third kappa shape index (κ3) is 2.45. The number of aryl methyl sites for hydroxylation is 1. The summed E-state index contributed by atoms with van der Waals surface area (Å²) in [6.45, 7) is 2.00. The highest BCUT2D eigenvalue weighted by molar-refractivity contribution is 7.99. The highest BCUT2D eigenvalue weighted by atomic mass is 32.2. The van der Waals surface area contributed by atoms with Gasteiger partial charge in [-0.15, -0.1) is 10.2 Å². The Balaban J connectivity index is 2.02. The molecule has 4 aromatic rings. The van der Waals surface area contributed by atoms with Crippen LogP contribution in [0.1, 0.15) is 11.1 Å². The first-order chi connectivity index (χ1) is 12.9. The molecule has 1 aromatic carbocycles. The molecule has 3 aromatic heterocycles. The normalized spacial score (nSPS) is 11.2. The lowest BCUT2D eigenvalue weighted by Crippen LogP contribution is -2.39. The van der Waals surface area contributed by atoms with Gasteiger partial charge < -0.3 is 0 Å². The van der Waals surface area contributed by atoms with Crippen LogP contribution < -0.4 is 11.2 Å². The van der Waals surface area contributed by atoms with Crippen LogP contribution in [-0.4, -0.2) is 23.7 Å². The van der Waals surface area contributed by atoms with E-state index in [0.29, 0.717) is 10.8 Å². The van der Waals surface area contributed by atoms with Gasteiger partial charge in [0.2, 0.25) is 5.16 Å². The fraction of sp³-hybridized carbons (Fsp3) is 0.167. The van der Waals surface area contributed by atoms with E-state index in [9.17, 15) is 14.9 Å². The van der Waals surface area contributed by atoms with E-state index >= 15 is 0 Å². The molecule has 134 valence electrons. The molecule has 27 heavy (non-hydrogen) atoms. The molecule has 0 fully saturated rings. The van der Waals surface area contributed by atoms with E-state index in [1.807, 2.05) is 47.7 Å². The lowest BCUT2D eigenvalue weighted by Gasteiger charge is -2.11. The van der Waals surface area contributed by atoms with Crippen LogP contribution in [0, 0.1) is 18.3 Å². The maximum Gasteiger partial charge on any atom is 0.331 e. The second-order valence-corrected chi connectivity index (χ2v) is 7.08. The first-order valence-corrected chi connectivity index (χ1v) is 8.87. The summed E-state index contributed by atoms with van der Waals surface area (Å²) in [7, 11) is 2.87. The van der Waals surface area contributed by atoms with Crippen molar-refractivity contribution in [2.75, 3.05) is 0 Å². The standard InChI is InChI=1S/C18H14N6O2S/c1-10-8-14-20-21-17(24(14)13-7-5-4-6-11(10)13)27-16-12(9-19)15(25)22(2)18(26)23(16)3/h4-8H,1-3H3. The first kappa shape index (κ1) is 17.1. The number of nitriles is 1. The summed E-state index contributed by atoms with van der Waals surface area (Å²) < 4.78 is 4.06. The maximum atomic E-state index is 12.3. The molecule has 9 heteroatoms. The minimum atomic E-state index is -0.627. The SMILES string of the molecule is Cc1cc2nnc(Sc3c(C#N)c(=O)n(C)c(=O)n3C)n2c2ccccc12. The van der Waals surface area contributed by atoms with Crippen molar-refractivity contribution in [3.05, 3.63) is 62.3 Å². The molecule has 0 spiro atoms. The van der Waals surface area contributed by atoms with Gasteiger partial charge in [0.1, 0.15) is 16.7 Å². The van der Waals surface area contributed by atoms with Gasteiger partial charge >= 0.3 is 5.69 Å². The number of nitrogens with zero attached hydrogens (tertiary/aromatic N) is 6. The Morgan fingerprint density at radius 2 is 1.85 bits per heavy atom. The maximum absolute atomic E-state index is 12.3. The molecule has 3 heterocycles. The largest absolute Gasteiger partial charge is 0.331 e. The van der Waals surface area contributed by atoms with Crippen molar-refractivity contribution in [1.29, 1.82) is 5.26 Å². The Kier molecular flexibility index (Phi) is 3.86. The van der Waals surface area contributed by atoms with Crippen LogP contribution in [0.3, 0.4) is 0 Å². The predicted molar refractivity (Wildman–Crippen MR) is 101 cm³/mol. The zero-order chi connectivity index (χ0) is 19.3. The van der Waals surface area contributed by atoms with Gasteiger partial charge in [0, 0.05) is 19.5 Å². The number of para-hydroxylation sites is 1. The van der Waals surface area contributed by atoms with Gasteiger partial charge in [-0.25, -0.2) is 4.79 Å². The fourth-order valence-corrected chi connectivity index (χ4v) is 4.06. The van der Waals surface area contributed by atoms with Crippen molar-refractivity contribution in [3.8, 4) is 6.07 Å². The summed E-state index contributed by atoms with van der Waals surface area (Å²) in [5.41, 5.74) is 1.40. The van der Waals surface area contributed by atoms with Crippen molar-refractivity contribution in [2.24, 2.45) is 14.1 Å². The van der Waals surface area contributed by atoms with Crippen LogP contribution in [0.5, 0.6) is 0 Å². The Hall–Kier alpha value is -3.38. The van der Waals surface area contributed by atoms with Crippen molar-refractivity contribution in [3.63, 3.8) is 0 Å². The molecule has 8 nitrogen and oxygen atoms in total. The average Bonchev–Trinajstić information content (AvgIpc) is 3.07. The summed E-state index contributed by atoms with van der Waals surface area (Å²) in [5, 5.41) is 19.6. The summed E-state index contributed by atoms with van der Waals surface area (Å²) in [6.07, 6.45) is 0. The Morgan fingerprint density at radius 1 is 1.11 bits per heavy atom. The Labute approximate surface area is 157 Å². The first-order valence-electron chi connectivity index (χ1n) is 8.05. The molecule has 0 saturated heterocycles. The third-order valence-electron chi connectivity index (χ3n) is 4.48. The zero-order valence-electron chi connectivity index (χ0n) is 14.8. The van der Waals surface area contributed by atoms with Crippen molar-refractivity contribution < 1.29 is 0 Å². The van der Waals surface area contributed by atoms with E-state index in [1.165, 1.54) is 18.7 Å². The zero-order valence-corrected chi connectivity index (χ0v) is 15.6. The smallest absolute Gasteiger partial charge is 0.289 e. The van der Waals surface area contributed by atoms with E-state index < -0.39 is 11.2 Å². The van der Waals surface area contributed by atoms with Gasteiger partial charge in [-0.3, -0.25) is 18.3 Å². The number of hydrogen-bond donors (Lipinski definition) is 0. The van der Waals surface area contributed by atoms with Crippen LogP contribution in [0.4, 0.5) is 0 Å². The minimum absolute atomic E-state index is 0.0993. The minimum Gasteiger partial charge on any atom is -0.289 e. The summed E-state index contributed by atoms with van der Waals surface area (Å²) >= 11 is 1.08. The van der Waals surface area contributed by atoms with Crippen molar-refractivity contribution in [2.45, 2.75) is 17.1 Å². The van der Waals surface area contributed by atoms with E-state index in [0.717, 1.165) is 32.8 Å². The van der Waals surface area contributed by atoms with Crippen LogP contribution in [0.25, 0.3) is 16.6 Å². The molecular formula is C18H14N6O2S.